The fraction of sp³-hybridized carbons (Fsp3) is 0.867. The van der Waals surface area contributed by atoms with Crippen molar-refractivity contribution >= 4 is 11.8 Å². The zero-order valence-corrected chi connectivity index (χ0v) is 12.5. The third-order valence-electron chi connectivity index (χ3n) is 3.68. The van der Waals surface area contributed by atoms with Gasteiger partial charge in [-0.25, -0.2) is 0 Å². The van der Waals surface area contributed by atoms with E-state index in [1.807, 2.05) is 0 Å². The minimum Gasteiger partial charge on any atom is -0.314 e. The van der Waals surface area contributed by atoms with Crippen molar-refractivity contribution < 1.29 is 0 Å². The highest BCUT2D eigenvalue weighted by atomic mass is 32.2. The Bertz CT molecular complexity index is 209. The zero-order chi connectivity index (χ0) is 12.5. The van der Waals surface area contributed by atoms with E-state index >= 15 is 0 Å². The van der Waals surface area contributed by atoms with Crippen molar-refractivity contribution in [3.05, 3.63) is 12.2 Å². The quantitative estimate of drug-likeness (QED) is 0.651. The number of rotatable bonds is 8. The Labute approximate surface area is 112 Å². The first-order valence-electron chi connectivity index (χ1n) is 7.24. The maximum atomic E-state index is 4.17. The second kappa shape index (κ2) is 9.04. The highest BCUT2D eigenvalue weighted by Crippen LogP contribution is 2.27. The Morgan fingerprint density at radius 1 is 1.35 bits per heavy atom. The number of thioether (sulfide) groups is 1. The van der Waals surface area contributed by atoms with Crippen LogP contribution in [0.4, 0.5) is 0 Å². The summed E-state index contributed by atoms with van der Waals surface area (Å²) in [6, 6.07) is 0.676. The van der Waals surface area contributed by atoms with E-state index in [2.05, 4.69) is 37.5 Å². The van der Waals surface area contributed by atoms with Gasteiger partial charge >= 0.3 is 0 Å². The third-order valence-corrected chi connectivity index (χ3v) is 4.73. The normalized spacial score (nSPS) is 19.2. The SMILES string of the molecule is C=C(CC)CC(CC1CCSCC1)NCCC. The lowest BCUT2D eigenvalue weighted by Gasteiger charge is -2.27. The molecular formula is C15H29NS. The van der Waals surface area contributed by atoms with Gasteiger partial charge in [0.05, 0.1) is 0 Å². The molecule has 0 saturated carbocycles. The molecule has 0 amide bonds. The summed E-state index contributed by atoms with van der Waals surface area (Å²) < 4.78 is 0. The van der Waals surface area contributed by atoms with Gasteiger partial charge in [-0.05, 0) is 62.5 Å². The van der Waals surface area contributed by atoms with Crippen LogP contribution >= 0.6 is 11.8 Å². The van der Waals surface area contributed by atoms with E-state index < -0.39 is 0 Å². The summed E-state index contributed by atoms with van der Waals surface area (Å²) in [5.74, 6) is 3.70. The van der Waals surface area contributed by atoms with E-state index in [-0.39, 0.29) is 0 Å². The van der Waals surface area contributed by atoms with Crippen molar-refractivity contribution in [2.75, 3.05) is 18.1 Å². The second-order valence-electron chi connectivity index (χ2n) is 5.25. The van der Waals surface area contributed by atoms with Gasteiger partial charge in [-0.1, -0.05) is 26.0 Å². The lowest BCUT2D eigenvalue weighted by molar-refractivity contribution is 0.361. The molecule has 0 bridgehead atoms. The average Bonchev–Trinajstić information content (AvgIpc) is 2.37. The van der Waals surface area contributed by atoms with Crippen LogP contribution in [0, 0.1) is 5.92 Å². The Kier molecular flexibility index (Phi) is 8.04. The summed E-state index contributed by atoms with van der Waals surface area (Å²) in [4.78, 5) is 0. The molecule has 1 fully saturated rings. The van der Waals surface area contributed by atoms with Crippen LogP contribution in [0.15, 0.2) is 12.2 Å². The number of nitrogens with one attached hydrogen (secondary N) is 1. The van der Waals surface area contributed by atoms with Crippen LogP contribution < -0.4 is 5.32 Å². The van der Waals surface area contributed by atoms with E-state index in [9.17, 15) is 0 Å². The van der Waals surface area contributed by atoms with Gasteiger partial charge in [0.15, 0.2) is 0 Å². The standard InChI is InChI=1S/C15H29NS/c1-4-8-16-15(11-13(3)5-2)12-14-6-9-17-10-7-14/h14-16H,3-12H2,1-2H3. The predicted octanol–water partition coefficient (Wildman–Crippen LogP) is 4.24. The molecule has 17 heavy (non-hydrogen) atoms. The van der Waals surface area contributed by atoms with Gasteiger partial charge < -0.3 is 5.32 Å². The Hall–Kier alpha value is 0.0500. The molecule has 0 radical (unpaired) electrons. The third kappa shape index (κ3) is 6.52. The summed E-state index contributed by atoms with van der Waals surface area (Å²) >= 11 is 2.12. The van der Waals surface area contributed by atoms with E-state index in [0.717, 1.165) is 18.9 Å². The molecule has 0 aliphatic carbocycles. The summed E-state index contributed by atoms with van der Waals surface area (Å²) in [6.07, 6.45) is 7.75. The monoisotopic (exact) mass is 255 g/mol. The van der Waals surface area contributed by atoms with Gasteiger partial charge in [-0.2, -0.15) is 11.8 Å². The van der Waals surface area contributed by atoms with E-state index in [1.165, 1.54) is 49.2 Å². The molecule has 100 valence electrons. The summed E-state index contributed by atoms with van der Waals surface area (Å²) in [7, 11) is 0. The summed E-state index contributed by atoms with van der Waals surface area (Å²) in [6.45, 7) is 9.79. The number of hydrogen-bond acceptors (Lipinski definition) is 2. The van der Waals surface area contributed by atoms with E-state index in [1.54, 1.807) is 0 Å². The van der Waals surface area contributed by atoms with Crippen LogP contribution in [0.3, 0.4) is 0 Å². The first-order chi connectivity index (χ1) is 8.26. The fourth-order valence-corrected chi connectivity index (χ4v) is 3.67. The maximum Gasteiger partial charge on any atom is 0.0107 e. The van der Waals surface area contributed by atoms with Crippen molar-refractivity contribution in [3.63, 3.8) is 0 Å². The predicted molar refractivity (Wildman–Crippen MR) is 80.8 cm³/mol. The van der Waals surface area contributed by atoms with E-state index in [4.69, 9.17) is 0 Å². The molecular weight excluding hydrogens is 226 g/mol. The molecule has 1 unspecified atom stereocenters. The van der Waals surface area contributed by atoms with Crippen LogP contribution in [0.1, 0.15) is 52.4 Å². The Balaban J connectivity index is 2.34. The molecule has 2 heteroatoms. The molecule has 0 aromatic rings. The van der Waals surface area contributed by atoms with Gasteiger partial charge in [0, 0.05) is 6.04 Å². The average molecular weight is 255 g/mol. The van der Waals surface area contributed by atoms with Gasteiger partial charge in [0.2, 0.25) is 0 Å². The van der Waals surface area contributed by atoms with Crippen molar-refractivity contribution in [1.29, 1.82) is 0 Å². The minimum atomic E-state index is 0.676. The van der Waals surface area contributed by atoms with Gasteiger partial charge in [-0.3, -0.25) is 0 Å². The minimum absolute atomic E-state index is 0.676. The summed E-state index contributed by atoms with van der Waals surface area (Å²) in [5, 5.41) is 3.71. The lowest BCUT2D eigenvalue weighted by Crippen LogP contribution is -2.33. The van der Waals surface area contributed by atoms with Crippen LogP contribution in [-0.4, -0.2) is 24.1 Å². The van der Waals surface area contributed by atoms with E-state index in [0.29, 0.717) is 6.04 Å². The Morgan fingerprint density at radius 3 is 2.65 bits per heavy atom. The molecule has 0 aromatic heterocycles. The van der Waals surface area contributed by atoms with Crippen molar-refractivity contribution in [2.45, 2.75) is 58.4 Å². The molecule has 0 spiro atoms. The Morgan fingerprint density at radius 2 is 2.06 bits per heavy atom. The van der Waals surface area contributed by atoms with Gasteiger partial charge in [-0.15, -0.1) is 0 Å². The molecule has 1 saturated heterocycles. The van der Waals surface area contributed by atoms with Crippen molar-refractivity contribution in [1.82, 2.24) is 5.32 Å². The highest BCUT2D eigenvalue weighted by Gasteiger charge is 2.19. The smallest absolute Gasteiger partial charge is 0.0107 e. The fourth-order valence-electron chi connectivity index (χ4n) is 2.46. The van der Waals surface area contributed by atoms with Crippen LogP contribution in [0.5, 0.6) is 0 Å². The zero-order valence-electron chi connectivity index (χ0n) is 11.6. The molecule has 1 atom stereocenters. The lowest BCUT2D eigenvalue weighted by atomic mass is 9.91. The van der Waals surface area contributed by atoms with Crippen LogP contribution in [0.2, 0.25) is 0 Å². The van der Waals surface area contributed by atoms with Crippen molar-refractivity contribution in [3.8, 4) is 0 Å². The number of hydrogen-bond donors (Lipinski definition) is 1. The molecule has 1 heterocycles. The highest BCUT2D eigenvalue weighted by molar-refractivity contribution is 7.99. The first-order valence-corrected chi connectivity index (χ1v) is 8.39. The van der Waals surface area contributed by atoms with Gasteiger partial charge in [0.1, 0.15) is 0 Å². The van der Waals surface area contributed by atoms with Crippen LogP contribution in [-0.2, 0) is 0 Å². The molecule has 0 aromatic carbocycles. The molecule has 1 nitrogen and oxygen atoms in total. The van der Waals surface area contributed by atoms with Crippen molar-refractivity contribution in [2.24, 2.45) is 5.92 Å². The van der Waals surface area contributed by atoms with Crippen LogP contribution in [0.25, 0.3) is 0 Å². The van der Waals surface area contributed by atoms with Gasteiger partial charge in [0.25, 0.3) is 0 Å². The molecule has 1 N–H and O–H groups in total. The maximum absolute atomic E-state index is 4.17. The largest absolute Gasteiger partial charge is 0.314 e. The molecule has 1 rings (SSSR count). The molecule has 1 aliphatic rings. The molecule has 1 aliphatic heterocycles. The first kappa shape index (κ1) is 15.1. The topological polar surface area (TPSA) is 12.0 Å². The second-order valence-corrected chi connectivity index (χ2v) is 6.47. The summed E-state index contributed by atoms with van der Waals surface area (Å²) in [5.41, 5.74) is 1.41.